The summed E-state index contributed by atoms with van der Waals surface area (Å²) < 4.78 is 35.2. The highest BCUT2D eigenvalue weighted by Crippen LogP contribution is 2.40. The van der Waals surface area contributed by atoms with Gasteiger partial charge in [0.2, 0.25) is 11.7 Å². The van der Waals surface area contributed by atoms with Gasteiger partial charge < -0.3 is 23.9 Å². The smallest absolute Gasteiger partial charge is 0.224 e. The van der Waals surface area contributed by atoms with Gasteiger partial charge in [-0.05, 0) is 12.1 Å². The van der Waals surface area contributed by atoms with E-state index < -0.39 is 5.82 Å². The summed E-state index contributed by atoms with van der Waals surface area (Å²) in [6.45, 7) is 0. The van der Waals surface area contributed by atoms with E-state index in [1.165, 1.54) is 33.6 Å². The van der Waals surface area contributed by atoms with Crippen LogP contribution in [0.4, 0.5) is 10.1 Å². The largest absolute Gasteiger partial charge is 0.493 e. The summed E-state index contributed by atoms with van der Waals surface area (Å²) in [5, 5.41) is 2.78. The molecule has 0 bridgehead atoms. The van der Waals surface area contributed by atoms with Gasteiger partial charge in [0.15, 0.2) is 23.1 Å². The third kappa shape index (κ3) is 4.66. The van der Waals surface area contributed by atoms with Gasteiger partial charge in [-0.1, -0.05) is 12.1 Å². The van der Waals surface area contributed by atoms with Crippen LogP contribution in [0.5, 0.6) is 17.2 Å². The molecule has 1 heterocycles. The molecule has 1 amide bonds. The number of aromatic nitrogens is 1. The first-order chi connectivity index (χ1) is 14.0. The number of oxazole rings is 1. The summed E-state index contributed by atoms with van der Waals surface area (Å²) in [4.78, 5) is 16.4. The number of nitrogens with one attached hydrogen (secondary N) is 1. The van der Waals surface area contributed by atoms with E-state index in [0.717, 1.165) is 0 Å². The zero-order valence-electron chi connectivity index (χ0n) is 16.3. The lowest BCUT2D eigenvalue weighted by Gasteiger charge is -2.14. The van der Waals surface area contributed by atoms with Crippen LogP contribution in [0.25, 0.3) is 11.3 Å². The van der Waals surface area contributed by atoms with Crippen molar-refractivity contribution in [2.45, 2.75) is 12.8 Å². The van der Waals surface area contributed by atoms with Gasteiger partial charge in [-0.3, -0.25) is 4.79 Å². The molecule has 29 heavy (non-hydrogen) atoms. The van der Waals surface area contributed by atoms with Crippen molar-refractivity contribution in [2.75, 3.05) is 26.6 Å². The predicted octanol–water partition coefficient (Wildman–Crippen LogP) is 4.08. The fourth-order valence-corrected chi connectivity index (χ4v) is 2.81. The topological polar surface area (TPSA) is 82.8 Å². The van der Waals surface area contributed by atoms with Crippen molar-refractivity contribution in [1.82, 2.24) is 4.98 Å². The molecule has 152 valence electrons. The van der Waals surface area contributed by atoms with Gasteiger partial charge in [0.05, 0.1) is 33.1 Å². The first-order valence-corrected chi connectivity index (χ1v) is 8.85. The van der Waals surface area contributed by atoms with Crippen LogP contribution in [0, 0.1) is 5.82 Å². The van der Waals surface area contributed by atoms with Crippen LogP contribution < -0.4 is 19.5 Å². The first kappa shape index (κ1) is 20.2. The predicted molar refractivity (Wildman–Crippen MR) is 105 cm³/mol. The van der Waals surface area contributed by atoms with E-state index >= 15 is 0 Å². The van der Waals surface area contributed by atoms with E-state index in [9.17, 15) is 9.18 Å². The Labute approximate surface area is 167 Å². The Bertz CT molecular complexity index is 977. The number of nitrogens with zero attached hydrogens (tertiary/aromatic N) is 1. The lowest BCUT2D eigenvalue weighted by molar-refractivity contribution is -0.116. The number of hydrogen-bond donors (Lipinski definition) is 1. The Morgan fingerprint density at radius 3 is 2.41 bits per heavy atom. The molecule has 3 rings (SSSR count). The molecular weight excluding hydrogens is 379 g/mol. The van der Waals surface area contributed by atoms with Crippen molar-refractivity contribution in [3.63, 3.8) is 0 Å². The molecule has 8 heteroatoms. The minimum atomic E-state index is -0.393. The highest BCUT2D eigenvalue weighted by Gasteiger charge is 2.15. The number of benzene rings is 2. The molecule has 0 aliphatic heterocycles. The molecule has 0 radical (unpaired) electrons. The van der Waals surface area contributed by atoms with Crippen LogP contribution in [-0.2, 0) is 11.2 Å². The zero-order chi connectivity index (χ0) is 20.8. The van der Waals surface area contributed by atoms with E-state index in [1.807, 2.05) is 0 Å². The van der Waals surface area contributed by atoms with Gasteiger partial charge >= 0.3 is 0 Å². The molecule has 1 aromatic heterocycles. The van der Waals surface area contributed by atoms with Gasteiger partial charge in [-0.15, -0.1) is 0 Å². The van der Waals surface area contributed by atoms with Crippen molar-refractivity contribution in [2.24, 2.45) is 0 Å². The lowest BCUT2D eigenvalue weighted by Crippen LogP contribution is -2.12. The van der Waals surface area contributed by atoms with Crippen LogP contribution in [0.1, 0.15) is 12.3 Å². The number of ether oxygens (including phenoxy) is 3. The molecule has 0 aliphatic carbocycles. The van der Waals surface area contributed by atoms with Crippen LogP contribution in [0.2, 0.25) is 0 Å². The molecule has 0 saturated carbocycles. The SMILES string of the molecule is COc1cc(NC(=O)CCc2ncc(-c3ccccc3F)o2)cc(OC)c1OC. The van der Waals surface area contributed by atoms with Crippen molar-refractivity contribution in [3.8, 4) is 28.6 Å². The summed E-state index contributed by atoms with van der Waals surface area (Å²) in [5.74, 6) is 1.34. The molecule has 0 unspecified atom stereocenters. The van der Waals surface area contributed by atoms with Crippen molar-refractivity contribution in [1.29, 1.82) is 0 Å². The van der Waals surface area contributed by atoms with Gasteiger partial charge in [-0.2, -0.15) is 0 Å². The average molecular weight is 400 g/mol. The number of carbonyl (C=O) groups excluding carboxylic acids is 1. The van der Waals surface area contributed by atoms with Gasteiger partial charge in [0.1, 0.15) is 5.82 Å². The number of amides is 1. The normalized spacial score (nSPS) is 10.5. The lowest BCUT2D eigenvalue weighted by atomic mass is 10.2. The summed E-state index contributed by atoms with van der Waals surface area (Å²) in [7, 11) is 4.50. The number of aryl methyl sites for hydroxylation is 1. The van der Waals surface area contributed by atoms with E-state index in [-0.39, 0.29) is 18.7 Å². The van der Waals surface area contributed by atoms with Gasteiger partial charge in [0, 0.05) is 30.7 Å². The summed E-state index contributed by atoms with van der Waals surface area (Å²) in [6, 6.07) is 9.55. The molecule has 7 nitrogen and oxygen atoms in total. The Morgan fingerprint density at radius 2 is 1.79 bits per heavy atom. The van der Waals surface area contributed by atoms with E-state index in [1.54, 1.807) is 30.3 Å². The van der Waals surface area contributed by atoms with E-state index in [4.69, 9.17) is 18.6 Å². The Balaban J connectivity index is 1.64. The highest BCUT2D eigenvalue weighted by molar-refractivity contribution is 5.91. The average Bonchev–Trinajstić information content (AvgIpc) is 3.20. The molecule has 0 atom stereocenters. The van der Waals surface area contributed by atoms with Crippen molar-refractivity contribution >= 4 is 11.6 Å². The maximum atomic E-state index is 13.8. The molecule has 3 aromatic rings. The number of anilines is 1. The number of rotatable bonds is 8. The monoisotopic (exact) mass is 400 g/mol. The minimum absolute atomic E-state index is 0.133. The number of methoxy groups -OCH3 is 3. The van der Waals surface area contributed by atoms with E-state index in [2.05, 4.69) is 10.3 Å². The number of halogens is 1. The molecular formula is C21H21FN2O5. The fourth-order valence-electron chi connectivity index (χ4n) is 2.81. The zero-order valence-corrected chi connectivity index (χ0v) is 16.3. The summed E-state index contributed by atoms with van der Waals surface area (Å²) in [6.07, 6.45) is 1.85. The Morgan fingerprint density at radius 1 is 1.10 bits per heavy atom. The maximum Gasteiger partial charge on any atom is 0.224 e. The molecule has 0 spiro atoms. The van der Waals surface area contributed by atoms with E-state index in [0.29, 0.717) is 40.2 Å². The van der Waals surface area contributed by atoms with Gasteiger partial charge in [0.25, 0.3) is 0 Å². The summed E-state index contributed by atoms with van der Waals surface area (Å²) >= 11 is 0. The second-order valence-corrected chi connectivity index (χ2v) is 6.06. The fraction of sp³-hybridized carbons (Fsp3) is 0.238. The summed E-state index contributed by atoms with van der Waals surface area (Å²) in [5.41, 5.74) is 0.831. The van der Waals surface area contributed by atoms with Crippen LogP contribution >= 0.6 is 0 Å². The van der Waals surface area contributed by atoms with Crippen molar-refractivity contribution < 1.29 is 27.8 Å². The quantitative estimate of drug-likeness (QED) is 0.614. The van der Waals surface area contributed by atoms with Gasteiger partial charge in [-0.25, -0.2) is 9.37 Å². The molecule has 2 aromatic carbocycles. The number of carbonyl (C=O) groups is 1. The molecule has 0 aliphatic rings. The second kappa shape index (κ2) is 9.09. The third-order valence-electron chi connectivity index (χ3n) is 4.21. The van der Waals surface area contributed by atoms with Crippen LogP contribution in [0.3, 0.4) is 0 Å². The van der Waals surface area contributed by atoms with Crippen molar-refractivity contribution in [3.05, 3.63) is 54.3 Å². The molecule has 0 fully saturated rings. The molecule has 1 N–H and O–H groups in total. The van der Waals surface area contributed by atoms with Crippen LogP contribution in [0.15, 0.2) is 47.0 Å². The number of hydrogen-bond acceptors (Lipinski definition) is 6. The third-order valence-corrected chi connectivity index (χ3v) is 4.21. The maximum absolute atomic E-state index is 13.8. The second-order valence-electron chi connectivity index (χ2n) is 6.06. The van der Waals surface area contributed by atoms with Crippen LogP contribution in [-0.4, -0.2) is 32.2 Å². The molecule has 0 saturated heterocycles. The Hall–Kier alpha value is -3.55. The minimum Gasteiger partial charge on any atom is -0.493 e. The standard InChI is InChI=1S/C21H21FN2O5/c1-26-16-10-13(11-17(27-2)21(16)28-3)24-19(25)8-9-20-23-12-18(29-20)14-6-4-5-7-15(14)22/h4-7,10-12H,8-9H2,1-3H3,(H,24,25). The Kier molecular flexibility index (Phi) is 6.33. The highest BCUT2D eigenvalue weighted by atomic mass is 19.1. The first-order valence-electron chi connectivity index (χ1n) is 8.85.